The zero-order valence-corrected chi connectivity index (χ0v) is 6.44. The van der Waals surface area contributed by atoms with Crippen LogP contribution < -0.4 is 5.56 Å². The average Bonchev–Trinajstić information content (AvgIpc) is 2.09. The van der Waals surface area contributed by atoms with Gasteiger partial charge in [-0.1, -0.05) is 0 Å². The highest BCUT2D eigenvalue weighted by molar-refractivity contribution is 5.74. The summed E-state index contributed by atoms with van der Waals surface area (Å²) < 4.78 is 1.19. The zero-order valence-electron chi connectivity index (χ0n) is 6.44. The normalized spacial score (nSPS) is 9.00. The van der Waals surface area contributed by atoms with Crippen LogP contribution in [0, 0.1) is 11.3 Å². The maximum Gasteiger partial charge on any atom is 0.251 e. The van der Waals surface area contributed by atoms with Gasteiger partial charge >= 0.3 is 0 Å². The Hall–Kier alpha value is -1.89. The van der Waals surface area contributed by atoms with Crippen molar-refractivity contribution in [3.05, 3.63) is 33.7 Å². The topological polar surface area (TPSA) is 62.9 Å². The van der Waals surface area contributed by atoms with Crippen molar-refractivity contribution < 1.29 is 4.79 Å². The summed E-state index contributed by atoms with van der Waals surface area (Å²) in [7, 11) is 1.48. The predicted molar refractivity (Wildman–Crippen MR) is 41.8 cm³/mol. The summed E-state index contributed by atoms with van der Waals surface area (Å²) in [5.41, 5.74) is 0.0652. The molecule has 0 aromatic carbocycles. The van der Waals surface area contributed by atoms with Crippen molar-refractivity contribution in [3.63, 3.8) is 0 Å². The molecule has 0 amide bonds. The molecule has 0 aliphatic rings. The Bertz CT molecular complexity index is 412. The molecule has 0 saturated heterocycles. The lowest BCUT2D eigenvalue weighted by Crippen LogP contribution is -2.18. The molecule has 4 heteroatoms. The van der Waals surface area contributed by atoms with Crippen molar-refractivity contribution >= 4 is 6.29 Å². The van der Waals surface area contributed by atoms with Crippen molar-refractivity contribution in [1.29, 1.82) is 5.26 Å². The third-order valence-corrected chi connectivity index (χ3v) is 1.54. The Morgan fingerprint density at radius 3 is 2.75 bits per heavy atom. The minimum absolute atomic E-state index is 0.185. The first-order valence-electron chi connectivity index (χ1n) is 3.25. The Balaban J connectivity index is 3.52. The van der Waals surface area contributed by atoms with Crippen LogP contribution in [0.2, 0.25) is 0 Å². The maximum atomic E-state index is 11.0. The molecule has 1 rings (SSSR count). The number of pyridine rings is 1. The molecule has 0 N–H and O–H groups in total. The van der Waals surface area contributed by atoms with Crippen molar-refractivity contribution in [3.8, 4) is 6.07 Å². The van der Waals surface area contributed by atoms with Gasteiger partial charge in [-0.15, -0.1) is 0 Å². The fourth-order valence-corrected chi connectivity index (χ4v) is 0.830. The molecule has 0 atom stereocenters. The van der Waals surface area contributed by atoms with Gasteiger partial charge in [-0.3, -0.25) is 9.59 Å². The summed E-state index contributed by atoms with van der Waals surface area (Å²) in [5.74, 6) is 0. The van der Waals surface area contributed by atoms with Gasteiger partial charge < -0.3 is 4.57 Å². The number of carbonyl (C=O) groups is 1. The van der Waals surface area contributed by atoms with Crippen molar-refractivity contribution in [1.82, 2.24) is 4.57 Å². The van der Waals surface area contributed by atoms with Gasteiger partial charge in [0.1, 0.15) is 18.0 Å². The second-order valence-corrected chi connectivity index (χ2v) is 2.30. The van der Waals surface area contributed by atoms with Gasteiger partial charge in [-0.25, -0.2) is 0 Å². The van der Waals surface area contributed by atoms with Crippen molar-refractivity contribution in [2.45, 2.75) is 0 Å². The van der Waals surface area contributed by atoms with E-state index in [1.807, 2.05) is 6.07 Å². The van der Waals surface area contributed by atoms with Crippen LogP contribution in [0.3, 0.4) is 0 Å². The molecule has 0 radical (unpaired) electrons. The molecule has 1 aromatic rings. The molecular weight excluding hydrogens is 156 g/mol. The Labute approximate surface area is 68.7 Å². The second-order valence-electron chi connectivity index (χ2n) is 2.30. The van der Waals surface area contributed by atoms with Crippen molar-refractivity contribution in [2.75, 3.05) is 0 Å². The molecule has 4 nitrogen and oxygen atoms in total. The van der Waals surface area contributed by atoms with Gasteiger partial charge in [0.05, 0.1) is 0 Å². The minimum atomic E-state index is -0.351. The summed E-state index contributed by atoms with van der Waals surface area (Å²) >= 11 is 0. The van der Waals surface area contributed by atoms with Crippen LogP contribution in [-0.4, -0.2) is 10.9 Å². The number of hydrogen-bond donors (Lipinski definition) is 0. The first-order valence-corrected chi connectivity index (χ1v) is 3.25. The Morgan fingerprint density at radius 1 is 1.58 bits per heavy atom. The monoisotopic (exact) mass is 162 g/mol. The van der Waals surface area contributed by atoms with E-state index in [1.54, 1.807) is 0 Å². The van der Waals surface area contributed by atoms with E-state index in [9.17, 15) is 9.59 Å². The van der Waals surface area contributed by atoms with Crippen LogP contribution in [-0.2, 0) is 7.05 Å². The van der Waals surface area contributed by atoms with Crippen molar-refractivity contribution in [2.24, 2.45) is 7.05 Å². The third kappa shape index (κ3) is 1.25. The van der Waals surface area contributed by atoms with Crippen LogP contribution in [0.25, 0.3) is 0 Å². The number of aldehydes is 1. The molecule has 12 heavy (non-hydrogen) atoms. The Morgan fingerprint density at radius 2 is 2.25 bits per heavy atom. The van der Waals surface area contributed by atoms with E-state index in [1.165, 1.54) is 23.7 Å². The minimum Gasteiger partial charge on any atom is -0.303 e. The summed E-state index contributed by atoms with van der Waals surface area (Å²) in [6, 6.07) is 4.37. The lowest BCUT2D eigenvalue weighted by atomic mass is 10.2. The average molecular weight is 162 g/mol. The molecule has 0 spiro atoms. The van der Waals surface area contributed by atoms with Crippen LogP contribution in [0.5, 0.6) is 0 Å². The highest BCUT2D eigenvalue weighted by Crippen LogP contribution is 1.96. The standard InChI is InChI=1S/C8H6N2O2/c1-10-7(4-9)2-6(5-11)3-8(10)12/h2-3,5H,1H3. The first kappa shape index (κ1) is 8.21. The number of aromatic nitrogens is 1. The van der Waals surface area contributed by atoms with Gasteiger partial charge in [-0.2, -0.15) is 5.26 Å². The summed E-state index contributed by atoms with van der Waals surface area (Å²) in [6.07, 6.45) is 0.544. The highest BCUT2D eigenvalue weighted by Gasteiger charge is 2.00. The molecule has 0 saturated carbocycles. The van der Waals surface area contributed by atoms with E-state index >= 15 is 0 Å². The smallest absolute Gasteiger partial charge is 0.251 e. The number of nitrogens with zero attached hydrogens (tertiary/aromatic N) is 2. The zero-order chi connectivity index (χ0) is 9.14. The number of rotatable bonds is 1. The molecular formula is C8H6N2O2. The van der Waals surface area contributed by atoms with E-state index in [0.717, 1.165) is 0 Å². The predicted octanol–water partition coefficient (Wildman–Crippen LogP) is 0.0695. The fraction of sp³-hybridized carbons (Fsp3) is 0.125. The van der Waals surface area contributed by atoms with E-state index in [-0.39, 0.29) is 16.8 Å². The fourth-order valence-electron chi connectivity index (χ4n) is 0.830. The maximum absolute atomic E-state index is 11.0. The largest absolute Gasteiger partial charge is 0.303 e. The molecule has 0 fully saturated rings. The van der Waals surface area contributed by atoms with Crippen LogP contribution in [0.15, 0.2) is 16.9 Å². The third-order valence-electron chi connectivity index (χ3n) is 1.54. The van der Waals surface area contributed by atoms with Gasteiger partial charge in [0.2, 0.25) is 0 Å². The van der Waals surface area contributed by atoms with Gasteiger partial charge in [-0.05, 0) is 6.07 Å². The number of nitriles is 1. The SMILES string of the molecule is Cn1c(C#N)cc(C=O)cc1=O. The molecule has 0 unspecified atom stereocenters. The summed E-state index contributed by atoms with van der Waals surface area (Å²) in [4.78, 5) is 21.3. The van der Waals surface area contributed by atoms with Crippen LogP contribution >= 0.6 is 0 Å². The van der Waals surface area contributed by atoms with E-state index in [2.05, 4.69) is 0 Å². The highest BCUT2D eigenvalue weighted by atomic mass is 16.1. The molecule has 0 aliphatic heterocycles. The van der Waals surface area contributed by atoms with Gasteiger partial charge in [0.15, 0.2) is 0 Å². The first-order chi connectivity index (χ1) is 5.69. The summed E-state index contributed by atoms with van der Waals surface area (Å²) in [5, 5.41) is 8.54. The van der Waals surface area contributed by atoms with Gasteiger partial charge in [0.25, 0.3) is 5.56 Å². The number of hydrogen-bond acceptors (Lipinski definition) is 3. The Kier molecular flexibility index (Phi) is 2.06. The van der Waals surface area contributed by atoms with E-state index in [4.69, 9.17) is 5.26 Å². The number of carbonyl (C=O) groups excluding carboxylic acids is 1. The second kappa shape index (κ2) is 3.01. The lowest BCUT2D eigenvalue weighted by Gasteiger charge is -1.99. The van der Waals surface area contributed by atoms with E-state index < -0.39 is 0 Å². The summed E-state index contributed by atoms with van der Waals surface area (Å²) in [6.45, 7) is 0. The van der Waals surface area contributed by atoms with Crippen LogP contribution in [0.4, 0.5) is 0 Å². The molecule has 1 aromatic heterocycles. The van der Waals surface area contributed by atoms with E-state index in [0.29, 0.717) is 6.29 Å². The van der Waals surface area contributed by atoms with Crippen LogP contribution in [0.1, 0.15) is 16.1 Å². The molecule has 0 aliphatic carbocycles. The van der Waals surface area contributed by atoms with Gasteiger partial charge in [0, 0.05) is 18.7 Å². The molecule has 60 valence electrons. The molecule has 0 bridgehead atoms. The quantitative estimate of drug-likeness (QED) is 0.549. The lowest BCUT2D eigenvalue weighted by molar-refractivity contribution is 0.112. The molecule has 1 heterocycles.